The number of allylic oxidation sites excluding steroid dienone is 6. The molecule has 7 nitrogen and oxygen atoms in total. The number of rotatable bonds is 10. The molecule has 1 aromatic carbocycles. The van der Waals surface area contributed by atoms with Crippen LogP contribution in [0.25, 0.3) is 0 Å². The lowest BCUT2D eigenvalue weighted by Crippen LogP contribution is -2.48. The van der Waals surface area contributed by atoms with Crippen molar-refractivity contribution in [3.8, 4) is 5.75 Å². The maximum absolute atomic E-state index is 14.6. The first-order valence-corrected chi connectivity index (χ1v) is 20.4. The quantitative estimate of drug-likeness (QED) is 0.0668. The lowest BCUT2D eigenvalue weighted by Gasteiger charge is -2.52. The average Bonchev–Trinajstić information content (AvgIpc) is 3.24. The van der Waals surface area contributed by atoms with Crippen LogP contribution in [0.5, 0.6) is 5.75 Å². The van der Waals surface area contributed by atoms with Crippen LogP contribution in [0.4, 0.5) is 4.79 Å². The van der Waals surface area contributed by atoms with Gasteiger partial charge in [-0.15, -0.1) is 0 Å². The molecule has 0 spiro atoms. The molecular formula is C38H53NO6Si. The van der Waals surface area contributed by atoms with E-state index in [0.29, 0.717) is 23.8 Å². The van der Waals surface area contributed by atoms with Crippen LogP contribution in [-0.4, -0.2) is 43.4 Å². The monoisotopic (exact) mass is 647 g/mol. The number of fused-ring (bicyclic) bond motifs is 1. The summed E-state index contributed by atoms with van der Waals surface area (Å²) in [5, 5.41) is 14.2. The van der Waals surface area contributed by atoms with Gasteiger partial charge in [-0.05, 0) is 87.6 Å². The third-order valence-corrected chi connectivity index (χ3v) is 11.7. The number of hydrogen-bond donors (Lipinski definition) is 2. The molecule has 4 rings (SSSR count). The van der Waals surface area contributed by atoms with Crippen LogP contribution >= 0.6 is 0 Å². The van der Waals surface area contributed by atoms with E-state index in [-0.39, 0.29) is 35.0 Å². The second-order valence-corrected chi connectivity index (χ2v) is 21.1. The number of carbonyl (C=O) groups is 3. The van der Waals surface area contributed by atoms with Crippen molar-refractivity contribution in [3.63, 3.8) is 0 Å². The lowest BCUT2D eigenvalue weighted by atomic mass is 9.52. The number of amides is 1. The van der Waals surface area contributed by atoms with Gasteiger partial charge in [0.25, 0.3) is 5.91 Å². The van der Waals surface area contributed by atoms with E-state index in [2.05, 4.69) is 77.8 Å². The molecule has 2 N–H and O–H groups in total. The van der Waals surface area contributed by atoms with Gasteiger partial charge >= 0.3 is 6.16 Å². The van der Waals surface area contributed by atoms with E-state index in [4.69, 9.17) is 9.47 Å². The summed E-state index contributed by atoms with van der Waals surface area (Å²) in [7, 11) is -1.33. The largest absolute Gasteiger partial charge is 0.513 e. The van der Waals surface area contributed by atoms with Gasteiger partial charge in [-0.2, -0.15) is 0 Å². The van der Waals surface area contributed by atoms with E-state index in [0.717, 1.165) is 36.5 Å². The number of carbonyl (C=O) groups excluding carboxylic acids is 3. The van der Waals surface area contributed by atoms with Gasteiger partial charge in [-0.3, -0.25) is 9.59 Å². The molecule has 1 fully saturated rings. The SMILES string of the molecule is C/C=C(C)/C=C(\C)[C@@H]1C(C)=C[C@]2(C)C[C@H](C)CC[C@H]2[C@@H]1C(=O)C1=C[C@@](O)(Cc2ccc(OC(=O)OCC[Si](C)(C)C)cc2)NC1=O. The number of ether oxygens (including phenoxy) is 2. The van der Waals surface area contributed by atoms with E-state index in [1.54, 1.807) is 24.3 Å². The van der Waals surface area contributed by atoms with Crippen LogP contribution in [0.15, 0.2) is 70.9 Å². The maximum Gasteiger partial charge on any atom is 0.513 e. The summed E-state index contributed by atoms with van der Waals surface area (Å²) >= 11 is 0. The topological polar surface area (TPSA) is 102 Å². The highest BCUT2D eigenvalue weighted by atomic mass is 28.3. The van der Waals surface area contributed by atoms with Gasteiger partial charge in [0.15, 0.2) is 11.5 Å². The van der Waals surface area contributed by atoms with E-state index in [1.807, 2.05) is 6.92 Å². The molecule has 1 amide bonds. The molecule has 1 saturated carbocycles. The zero-order chi connectivity index (χ0) is 34.0. The third kappa shape index (κ3) is 8.37. The van der Waals surface area contributed by atoms with Gasteiger partial charge in [-0.1, -0.05) is 87.0 Å². The molecule has 3 aliphatic rings. The van der Waals surface area contributed by atoms with Crippen molar-refractivity contribution < 1.29 is 29.0 Å². The summed E-state index contributed by atoms with van der Waals surface area (Å²) in [6, 6.07) is 7.55. The van der Waals surface area contributed by atoms with Crippen molar-refractivity contribution in [3.05, 3.63) is 76.4 Å². The minimum atomic E-state index is -1.72. The van der Waals surface area contributed by atoms with E-state index in [1.165, 1.54) is 11.6 Å². The highest BCUT2D eigenvalue weighted by molar-refractivity contribution is 6.76. The number of ketones is 1. The van der Waals surface area contributed by atoms with Gasteiger partial charge in [0.2, 0.25) is 0 Å². The second-order valence-electron chi connectivity index (χ2n) is 15.4. The fourth-order valence-electron chi connectivity index (χ4n) is 7.80. The van der Waals surface area contributed by atoms with Crippen molar-refractivity contribution >= 4 is 25.9 Å². The van der Waals surface area contributed by atoms with Crippen molar-refractivity contribution in [2.45, 2.75) is 98.6 Å². The highest BCUT2D eigenvalue weighted by Gasteiger charge is 2.53. The van der Waals surface area contributed by atoms with Gasteiger partial charge in [0, 0.05) is 26.3 Å². The standard InChI is InChI=1S/C38H53NO6Si/c1-10-24(2)19-26(4)32-27(5)21-37(6)20-25(3)11-16-31(37)33(32)34(40)30-23-38(43,39-35(30)41)22-28-12-14-29(15-13-28)45-36(42)44-17-18-46(7,8)9/h10,12-15,19,21,23,25,31-33,43H,11,16-18,20,22H2,1-9H3,(H,39,41)/b24-10+,26-19+/t25-,31+,32-,33+,37+,38+/m1/s1. The molecule has 0 bridgehead atoms. The first-order chi connectivity index (χ1) is 21.4. The Morgan fingerprint density at radius 3 is 2.41 bits per heavy atom. The molecule has 1 aromatic rings. The zero-order valence-electron chi connectivity index (χ0n) is 29.2. The summed E-state index contributed by atoms with van der Waals surface area (Å²) in [5.74, 6) is -0.276. The Labute approximate surface area is 276 Å². The average molecular weight is 648 g/mol. The normalized spacial score (nSPS) is 30.2. The molecular weight excluding hydrogens is 595 g/mol. The zero-order valence-corrected chi connectivity index (χ0v) is 30.2. The number of Topliss-reactive ketones (excluding diaryl/α,β-unsaturated/α-hetero) is 1. The van der Waals surface area contributed by atoms with Gasteiger partial charge < -0.3 is 19.9 Å². The Bertz CT molecular complexity index is 1460. The van der Waals surface area contributed by atoms with Crippen molar-refractivity contribution in [1.29, 1.82) is 0 Å². The third-order valence-electron chi connectivity index (χ3n) is 10.0. The summed E-state index contributed by atoms with van der Waals surface area (Å²) in [6.45, 7) is 19.8. The lowest BCUT2D eigenvalue weighted by molar-refractivity contribution is -0.129. The fraction of sp³-hybridized carbons (Fsp3) is 0.553. The van der Waals surface area contributed by atoms with E-state index < -0.39 is 31.8 Å². The molecule has 1 aliphatic heterocycles. The van der Waals surface area contributed by atoms with Gasteiger partial charge in [0.05, 0.1) is 12.2 Å². The number of benzene rings is 1. The van der Waals surface area contributed by atoms with Crippen molar-refractivity contribution in [1.82, 2.24) is 5.32 Å². The predicted octanol–water partition coefficient (Wildman–Crippen LogP) is 7.94. The molecule has 0 radical (unpaired) electrons. The predicted molar refractivity (Wildman–Crippen MR) is 185 cm³/mol. The Morgan fingerprint density at radius 2 is 1.78 bits per heavy atom. The van der Waals surface area contributed by atoms with Crippen LogP contribution in [0.2, 0.25) is 25.7 Å². The molecule has 46 heavy (non-hydrogen) atoms. The van der Waals surface area contributed by atoms with E-state index >= 15 is 0 Å². The van der Waals surface area contributed by atoms with Gasteiger partial charge in [-0.25, -0.2) is 4.79 Å². The highest BCUT2D eigenvalue weighted by Crippen LogP contribution is 2.56. The van der Waals surface area contributed by atoms with Crippen LogP contribution in [0.1, 0.15) is 66.4 Å². The van der Waals surface area contributed by atoms with Crippen LogP contribution in [-0.2, 0) is 20.7 Å². The smallest absolute Gasteiger partial charge is 0.434 e. The maximum atomic E-state index is 14.6. The first-order valence-electron chi connectivity index (χ1n) is 16.7. The Balaban J connectivity index is 1.55. The minimum absolute atomic E-state index is 0.0322. The minimum Gasteiger partial charge on any atom is -0.434 e. The molecule has 0 saturated heterocycles. The fourth-order valence-corrected chi connectivity index (χ4v) is 8.52. The second kappa shape index (κ2) is 13.9. The van der Waals surface area contributed by atoms with Crippen LogP contribution in [0, 0.1) is 29.1 Å². The summed E-state index contributed by atoms with van der Waals surface area (Å²) in [5.41, 5.74) is 2.29. The van der Waals surface area contributed by atoms with E-state index in [9.17, 15) is 19.5 Å². The summed E-state index contributed by atoms with van der Waals surface area (Å²) in [6.07, 6.45) is 10.3. The molecule has 0 aromatic heterocycles. The molecule has 1 heterocycles. The number of nitrogens with one attached hydrogen (secondary N) is 1. The van der Waals surface area contributed by atoms with Crippen molar-refractivity contribution in [2.24, 2.45) is 29.1 Å². The Kier molecular flexibility index (Phi) is 10.7. The van der Waals surface area contributed by atoms with Gasteiger partial charge in [0.1, 0.15) is 5.75 Å². The molecule has 0 unspecified atom stereocenters. The van der Waals surface area contributed by atoms with Crippen molar-refractivity contribution in [2.75, 3.05) is 6.61 Å². The Morgan fingerprint density at radius 1 is 1.11 bits per heavy atom. The number of hydrogen-bond acceptors (Lipinski definition) is 6. The van der Waals surface area contributed by atoms with Crippen LogP contribution in [0.3, 0.4) is 0 Å². The number of aliphatic hydroxyl groups is 1. The first kappa shape index (κ1) is 35.6. The molecule has 250 valence electrons. The summed E-state index contributed by atoms with van der Waals surface area (Å²) < 4.78 is 10.5. The van der Waals surface area contributed by atoms with Crippen LogP contribution < -0.4 is 10.1 Å². The molecule has 8 heteroatoms. The molecule has 2 aliphatic carbocycles. The Hall–Kier alpha value is -3.23. The summed E-state index contributed by atoms with van der Waals surface area (Å²) in [4.78, 5) is 40.0. The molecule has 6 atom stereocenters.